The Kier molecular flexibility index (Phi) is 19.4. The van der Waals surface area contributed by atoms with Crippen LogP contribution in [0.1, 0.15) is 114 Å². The molecule has 0 unspecified atom stereocenters. The van der Waals surface area contributed by atoms with Crippen LogP contribution >= 0.6 is 0 Å². The van der Waals surface area contributed by atoms with E-state index in [2.05, 4.69) is 126 Å². The minimum absolute atomic E-state index is 0.00948. The molecule has 3 saturated carbocycles. The Morgan fingerprint density at radius 1 is 0.479 bits per heavy atom. The number of likely N-dealkylation sites (tertiary alicyclic amines) is 2. The van der Waals surface area contributed by atoms with E-state index in [9.17, 15) is 27.6 Å². The van der Waals surface area contributed by atoms with Crippen LogP contribution in [0, 0.1) is 29.3 Å². The number of aromatic nitrogens is 17. The van der Waals surface area contributed by atoms with Gasteiger partial charge in [-0.25, -0.2) is 72.6 Å². The maximum absolute atomic E-state index is 14.5. The number of imidazole rings is 1. The standard InChI is InChI=1S/2C22H27FN8O.C21H22FN9O/c2*1-13-7-9-31(12-13)22(32)27-15-5-2-4-14(10-15)26-20-17(23)11-25-21(28-20)18-16-6-3-8-24-19(16)30-29-18;1-31-10-16(25-11-31)21(32)27-13-5-2-4-12(8-13)26-19-15(22)9-24-20(28-19)17-14-6-3-7-23-18(14)30-29-17/h2*3,6,8,11,13-15H,2,4-5,7,9-10,12H2,1H3,(H,27,32)(H,24,29,30)(H,25,26,28);3,6-7,9-13H,2,4-5,8H2,1H3,(H,27,32)(H,23,29,30)(H,24,26,28)/t13-,14+,15-;13-,14-,15+;12-,13+/m100/s1. The summed E-state index contributed by atoms with van der Waals surface area (Å²) < 4.78 is 45.3. The highest BCUT2D eigenvalue weighted by Crippen LogP contribution is 2.31. The van der Waals surface area contributed by atoms with Crippen molar-refractivity contribution in [2.24, 2.45) is 18.9 Å². The fourth-order valence-electron chi connectivity index (χ4n) is 13.3. The van der Waals surface area contributed by atoms with E-state index in [0.717, 1.165) is 132 Å². The van der Waals surface area contributed by atoms with Crippen LogP contribution in [0.2, 0.25) is 0 Å². The van der Waals surface area contributed by atoms with Gasteiger partial charge in [-0.3, -0.25) is 20.1 Å². The minimum atomic E-state index is -0.532. The number of aromatic amines is 3. The molecular weight excluding hydrogens is 1240 g/mol. The van der Waals surface area contributed by atoms with Crippen molar-refractivity contribution in [3.8, 4) is 34.6 Å². The molecule has 10 aromatic rings. The molecule has 31 heteroatoms. The number of H-pyrrole nitrogens is 3. The average molecular weight is 1310 g/mol. The monoisotopic (exact) mass is 1310 g/mol. The molecule has 28 nitrogen and oxygen atoms in total. The van der Waals surface area contributed by atoms with Crippen molar-refractivity contribution in [2.75, 3.05) is 42.1 Å². The summed E-state index contributed by atoms with van der Waals surface area (Å²) in [6, 6.07) is 11.1. The summed E-state index contributed by atoms with van der Waals surface area (Å²) in [5.74, 6) is 0.852. The van der Waals surface area contributed by atoms with Gasteiger partial charge in [0.05, 0.1) is 24.9 Å². The number of anilines is 3. The Morgan fingerprint density at radius 2 is 0.844 bits per heavy atom. The lowest BCUT2D eigenvalue weighted by Gasteiger charge is -2.32. The first kappa shape index (κ1) is 64.2. The Balaban J connectivity index is 0.000000130. The number of carbonyl (C=O) groups excluding carboxylic acids is 3. The second kappa shape index (κ2) is 29.0. The van der Waals surface area contributed by atoms with Gasteiger partial charge < -0.3 is 46.3 Å². The summed E-state index contributed by atoms with van der Waals surface area (Å²) >= 11 is 0. The number of hydrogen-bond donors (Lipinski definition) is 9. The highest BCUT2D eigenvalue weighted by molar-refractivity contribution is 5.92. The van der Waals surface area contributed by atoms with Crippen LogP contribution in [0.25, 0.3) is 67.7 Å². The molecule has 2 aliphatic heterocycles. The Morgan fingerprint density at radius 3 is 1.19 bits per heavy atom. The zero-order chi connectivity index (χ0) is 66.2. The van der Waals surface area contributed by atoms with Crippen LogP contribution in [0.4, 0.5) is 40.2 Å². The second-order valence-corrected chi connectivity index (χ2v) is 25.7. The number of carbonyl (C=O) groups is 3. The van der Waals surface area contributed by atoms with Crippen molar-refractivity contribution in [3.63, 3.8) is 0 Å². The molecule has 2 saturated heterocycles. The summed E-state index contributed by atoms with van der Waals surface area (Å²) in [6.45, 7) is 7.59. The summed E-state index contributed by atoms with van der Waals surface area (Å²) in [5, 5.41) is 42.5. The normalized spacial score (nSPS) is 21.8. The van der Waals surface area contributed by atoms with Crippen molar-refractivity contribution >= 4 is 68.5 Å². The topological polar surface area (TPSA) is 350 Å². The SMILES string of the molecule is C[C@@H]1CCN(C(=O)N[C@@H]2CCC[C@H](Nc3nc(-c4[nH]nc5ncccc45)ncc3F)C2)C1.C[C@H]1CCN(C(=O)N[C@@H]2CCC[C@H](Nc3nc(-c4[nH]nc5ncccc45)ncc3F)C2)C1.Cn1cnc(C(=O)N[C@@H]2CCC[C@H](Nc3nc(-c4[nH]nc5ncccc45)ncc3F)C2)c1. The summed E-state index contributed by atoms with van der Waals surface area (Å²) in [7, 11) is 1.82. The molecule has 10 aromatic heterocycles. The van der Waals surface area contributed by atoms with E-state index < -0.39 is 17.5 Å². The molecule has 9 N–H and O–H groups in total. The predicted octanol–water partition coefficient (Wildman–Crippen LogP) is 9.10. The van der Waals surface area contributed by atoms with E-state index >= 15 is 0 Å². The van der Waals surface area contributed by atoms with E-state index in [0.29, 0.717) is 75.4 Å². The van der Waals surface area contributed by atoms with Gasteiger partial charge in [0.2, 0.25) is 0 Å². The van der Waals surface area contributed by atoms with Gasteiger partial charge in [0, 0.05) is 110 Å². The molecule has 0 radical (unpaired) electrons. The Bertz CT molecular complexity index is 4190. The van der Waals surface area contributed by atoms with Crippen molar-refractivity contribution in [1.29, 1.82) is 0 Å². The van der Waals surface area contributed by atoms with Gasteiger partial charge in [-0.15, -0.1) is 0 Å². The number of urea groups is 2. The third kappa shape index (κ3) is 15.2. The molecule has 0 spiro atoms. The van der Waals surface area contributed by atoms with Crippen LogP contribution in [0.15, 0.2) is 86.1 Å². The molecule has 12 heterocycles. The van der Waals surface area contributed by atoms with Crippen molar-refractivity contribution in [1.82, 2.24) is 111 Å². The number of hydrogen-bond acceptors (Lipinski definition) is 19. The van der Waals surface area contributed by atoms with Gasteiger partial charge in [0.25, 0.3) is 5.91 Å². The average Bonchev–Trinajstić information content (AvgIpc) is 1.62. The van der Waals surface area contributed by atoms with Gasteiger partial charge in [-0.1, -0.05) is 13.8 Å². The first-order chi connectivity index (χ1) is 46.7. The zero-order valence-corrected chi connectivity index (χ0v) is 53.4. The van der Waals surface area contributed by atoms with Crippen LogP contribution < -0.4 is 31.9 Å². The van der Waals surface area contributed by atoms with Gasteiger partial charge in [0.15, 0.2) is 69.3 Å². The largest absolute Gasteiger partial charge is 0.365 e. The molecule has 5 fully saturated rings. The maximum Gasteiger partial charge on any atom is 0.317 e. The first-order valence-electron chi connectivity index (χ1n) is 32.9. The van der Waals surface area contributed by atoms with Crippen LogP contribution in [-0.2, 0) is 7.05 Å². The number of amides is 5. The molecule has 8 atom stereocenters. The zero-order valence-electron chi connectivity index (χ0n) is 53.4. The van der Waals surface area contributed by atoms with E-state index in [1.165, 1.54) is 12.4 Å². The van der Waals surface area contributed by atoms with Gasteiger partial charge in [-0.05, 0) is 138 Å². The van der Waals surface area contributed by atoms with Gasteiger partial charge >= 0.3 is 12.1 Å². The lowest BCUT2D eigenvalue weighted by atomic mass is 9.91. The van der Waals surface area contributed by atoms with Crippen molar-refractivity contribution < 1.29 is 27.6 Å². The summed E-state index contributed by atoms with van der Waals surface area (Å²) in [6.07, 6.45) is 24.1. The van der Waals surface area contributed by atoms with E-state index in [1.54, 1.807) is 41.7 Å². The third-order valence-electron chi connectivity index (χ3n) is 18.3. The van der Waals surface area contributed by atoms with Gasteiger partial charge in [0.1, 0.15) is 22.8 Å². The highest BCUT2D eigenvalue weighted by atomic mass is 19.1. The van der Waals surface area contributed by atoms with Crippen LogP contribution in [0.5, 0.6) is 0 Å². The molecule has 0 aromatic carbocycles. The first-order valence-corrected chi connectivity index (χ1v) is 32.9. The van der Waals surface area contributed by atoms with E-state index in [-0.39, 0.29) is 71.7 Å². The number of pyridine rings is 3. The maximum atomic E-state index is 14.5. The molecule has 0 bridgehead atoms. The molecule has 15 rings (SSSR count). The lowest BCUT2D eigenvalue weighted by molar-refractivity contribution is 0.0921. The quantitative estimate of drug-likeness (QED) is 0.0519. The molecule has 3 aliphatic carbocycles. The fraction of sp³-hybridized carbons (Fsp3) is 0.446. The van der Waals surface area contributed by atoms with Crippen LogP contribution in [0.3, 0.4) is 0 Å². The number of halogens is 3. The molecular formula is C65H76F3N25O3. The minimum Gasteiger partial charge on any atom is -0.365 e. The number of rotatable bonds is 13. The van der Waals surface area contributed by atoms with Crippen molar-refractivity contribution in [3.05, 3.63) is 109 Å². The van der Waals surface area contributed by atoms with E-state index in [4.69, 9.17) is 0 Å². The van der Waals surface area contributed by atoms with Gasteiger partial charge in [-0.2, -0.15) is 15.3 Å². The number of aryl methyl sites for hydroxylation is 1. The fourth-order valence-corrected chi connectivity index (χ4v) is 13.3. The Labute approximate surface area is 549 Å². The summed E-state index contributed by atoms with van der Waals surface area (Å²) in [5.41, 5.74) is 3.83. The smallest absolute Gasteiger partial charge is 0.317 e. The number of nitrogens with zero attached hydrogens (tertiary/aromatic N) is 16. The van der Waals surface area contributed by atoms with Crippen LogP contribution in [-0.4, -0.2) is 175 Å². The predicted molar refractivity (Wildman–Crippen MR) is 352 cm³/mol. The van der Waals surface area contributed by atoms with Crippen molar-refractivity contribution in [2.45, 2.75) is 140 Å². The third-order valence-corrected chi connectivity index (χ3v) is 18.3. The molecule has 5 amide bonds. The lowest BCUT2D eigenvalue weighted by Crippen LogP contribution is -2.47. The number of nitrogens with one attached hydrogen (secondary N) is 9. The second-order valence-electron chi connectivity index (χ2n) is 25.7. The van der Waals surface area contributed by atoms with E-state index in [1.807, 2.05) is 47.2 Å². The molecule has 96 heavy (non-hydrogen) atoms. The molecule has 5 aliphatic rings. The molecule has 500 valence electrons. The summed E-state index contributed by atoms with van der Waals surface area (Å²) in [4.78, 5) is 83.7. The highest BCUT2D eigenvalue weighted by Gasteiger charge is 2.32. The number of fused-ring (bicyclic) bond motifs is 3. The Hall–Kier alpha value is -10.5.